The molecule has 4 N–H and O–H groups in total. The summed E-state index contributed by atoms with van der Waals surface area (Å²) in [6.07, 6.45) is 7.33. The molecule has 0 aliphatic heterocycles. The van der Waals surface area contributed by atoms with Crippen molar-refractivity contribution in [1.82, 2.24) is 29.5 Å². The number of hydrogen-bond donors (Lipinski definition) is 4. The fourth-order valence-corrected chi connectivity index (χ4v) is 3.61. The van der Waals surface area contributed by atoms with Crippen molar-refractivity contribution in [3.05, 3.63) is 63.0 Å². The number of H-pyrrole nitrogens is 2. The molecule has 1 aliphatic carbocycles. The topological polar surface area (TPSA) is 136 Å². The van der Waals surface area contributed by atoms with E-state index in [9.17, 15) is 9.90 Å². The Labute approximate surface area is 180 Å². The maximum Gasteiger partial charge on any atom is 0.326 e. The Kier molecular flexibility index (Phi) is 4.94. The second kappa shape index (κ2) is 7.91. The predicted molar refractivity (Wildman–Crippen MR) is 117 cm³/mol. The van der Waals surface area contributed by atoms with Crippen LogP contribution in [0.25, 0.3) is 11.7 Å². The predicted octanol–water partition coefficient (Wildman–Crippen LogP) is 0.791. The number of aromatic amines is 2. The number of aromatic nitrogens is 6. The van der Waals surface area contributed by atoms with Crippen LogP contribution in [0, 0.1) is 0 Å². The quantitative estimate of drug-likeness (QED) is 0.328. The van der Waals surface area contributed by atoms with Crippen molar-refractivity contribution in [3.8, 4) is 5.88 Å². The van der Waals surface area contributed by atoms with E-state index in [-0.39, 0.29) is 17.6 Å². The lowest BCUT2D eigenvalue weighted by Crippen LogP contribution is -2.24. The van der Waals surface area contributed by atoms with E-state index in [1.165, 1.54) is 4.90 Å². The van der Waals surface area contributed by atoms with Gasteiger partial charge in [0.15, 0.2) is 5.65 Å². The van der Waals surface area contributed by atoms with Crippen LogP contribution in [0.5, 0.6) is 5.88 Å². The van der Waals surface area contributed by atoms with E-state index in [4.69, 9.17) is 0 Å². The van der Waals surface area contributed by atoms with Gasteiger partial charge in [0.1, 0.15) is 5.69 Å². The van der Waals surface area contributed by atoms with E-state index in [1.54, 1.807) is 28.6 Å². The monoisotopic (exact) mass is 436 g/mol. The molecule has 1 fully saturated rings. The molecule has 1 saturated carbocycles. The number of fused-ring (bicyclic) bond motifs is 1. The minimum atomic E-state index is -0.492. The lowest BCUT2D eigenvalue weighted by atomic mass is 10.2. The van der Waals surface area contributed by atoms with Gasteiger partial charge in [-0.3, -0.25) is 4.98 Å². The fourth-order valence-electron chi connectivity index (χ4n) is 3.12. The molecule has 158 valence electrons. The van der Waals surface area contributed by atoms with Crippen molar-refractivity contribution in [3.63, 3.8) is 0 Å². The maximum atomic E-state index is 11.4. The zero-order valence-corrected chi connectivity index (χ0v) is 17.5. The number of imidazole rings is 1. The van der Waals surface area contributed by atoms with Crippen molar-refractivity contribution in [2.75, 3.05) is 11.6 Å². The van der Waals surface area contributed by atoms with Crippen molar-refractivity contribution < 1.29 is 5.11 Å². The van der Waals surface area contributed by atoms with Gasteiger partial charge in [-0.2, -0.15) is 19.6 Å². The summed E-state index contributed by atoms with van der Waals surface area (Å²) in [6, 6.07) is 8.51. The molecule has 0 bridgehead atoms. The summed E-state index contributed by atoms with van der Waals surface area (Å²) in [5.41, 5.74) is 1.87. The van der Waals surface area contributed by atoms with Gasteiger partial charge in [-0.25, -0.2) is 9.79 Å². The summed E-state index contributed by atoms with van der Waals surface area (Å²) in [7, 11) is 0. The molecule has 11 heteroatoms. The van der Waals surface area contributed by atoms with Gasteiger partial charge in [-0.15, -0.1) is 11.8 Å². The summed E-state index contributed by atoms with van der Waals surface area (Å²) >= 11 is 1.69. The van der Waals surface area contributed by atoms with E-state index in [0.717, 1.165) is 18.4 Å². The van der Waals surface area contributed by atoms with Crippen LogP contribution in [0.4, 0.5) is 5.95 Å². The Morgan fingerprint density at radius 2 is 2.23 bits per heavy atom. The minimum Gasteiger partial charge on any atom is -0.493 e. The van der Waals surface area contributed by atoms with E-state index in [0.29, 0.717) is 29.0 Å². The Hall–Kier alpha value is -3.60. The molecule has 0 spiro atoms. The number of rotatable bonds is 6. The average molecular weight is 437 g/mol. The van der Waals surface area contributed by atoms with Gasteiger partial charge in [0.25, 0.3) is 5.62 Å². The number of hydrogen-bond acceptors (Lipinski definition) is 8. The van der Waals surface area contributed by atoms with E-state index < -0.39 is 5.69 Å². The van der Waals surface area contributed by atoms with E-state index in [1.807, 2.05) is 18.4 Å². The molecule has 4 aromatic rings. The highest BCUT2D eigenvalue weighted by molar-refractivity contribution is 7.98. The summed E-state index contributed by atoms with van der Waals surface area (Å²) in [6.45, 7) is 0.562. The van der Waals surface area contributed by atoms with Crippen molar-refractivity contribution in [1.29, 1.82) is 0 Å². The molecule has 1 aromatic carbocycles. The molecule has 0 amide bonds. The van der Waals surface area contributed by atoms with Crippen LogP contribution in [0.1, 0.15) is 24.1 Å². The summed E-state index contributed by atoms with van der Waals surface area (Å²) in [4.78, 5) is 31.3. The lowest BCUT2D eigenvalue weighted by Gasteiger charge is -2.06. The number of nitrogens with zero attached hydrogens (tertiary/aromatic N) is 5. The molecular formula is C20H20N8O2S. The largest absolute Gasteiger partial charge is 0.493 e. The Balaban J connectivity index is 1.57. The third kappa shape index (κ3) is 4.17. The molecule has 1 aliphatic rings. The van der Waals surface area contributed by atoms with Crippen LogP contribution in [0.3, 0.4) is 0 Å². The molecule has 3 aromatic heterocycles. The van der Waals surface area contributed by atoms with Crippen LogP contribution < -0.4 is 21.8 Å². The van der Waals surface area contributed by atoms with Crippen molar-refractivity contribution in [2.45, 2.75) is 30.3 Å². The fraction of sp³-hybridized carbons (Fsp3) is 0.250. The summed E-state index contributed by atoms with van der Waals surface area (Å²) < 4.78 is 1.57. The highest BCUT2D eigenvalue weighted by Crippen LogP contribution is 2.22. The first-order valence-corrected chi connectivity index (χ1v) is 11.0. The molecule has 0 atom stereocenters. The Morgan fingerprint density at radius 3 is 2.97 bits per heavy atom. The van der Waals surface area contributed by atoms with E-state index in [2.05, 4.69) is 47.5 Å². The van der Waals surface area contributed by atoms with Crippen LogP contribution in [-0.4, -0.2) is 47.0 Å². The van der Waals surface area contributed by atoms with Crippen molar-refractivity contribution in [2.24, 2.45) is 4.99 Å². The van der Waals surface area contributed by atoms with Gasteiger partial charge in [-0.05, 0) is 42.9 Å². The first kappa shape index (κ1) is 19.4. The van der Waals surface area contributed by atoms with Crippen LogP contribution in [-0.2, 0) is 6.54 Å². The third-order valence-electron chi connectivity index (χ3n) is 4.84. The zero-order chi connectivity index (χ0) is 21.4. The van der Waals surface area contributed by atoms with Gasteiger partial charge in [0.2, 0.25) is 11.8 Å². The van der Waals surface area contributed by atoms with Crippen LogP contribution >= 0.6 is 11.8 Å². The van der Waals surface area contributed by atoms with Crippen LogP contribution in [0.2, 0.25) is 0 Å². The average Bonchev–Trinajstić information content (AvgIpc) is 3.41. The molecular weight excluding hydrogens is 416 g/mol. The third-order valence-corrected chi connectivity index (χ3v) is 5.57. The SMILES string of the molecule is CSc1cccc(CNc2nc(=NC3CC3)n3nc/c(=C\c4[nH]c(=O)[nH]c4O)c3n2)c1. The standard InChI is InChI=1S/C20H20N8O2S/c1-31-14-4-2-3-11(7-14)9-21-18-25-16-12(8-15-17(29)26-20(30)24-15)10-22-28(16)19(27-18)23-13-5-6-13/h2-4,7-8,10,13,29H,5-6,9H2,1H3,(H,21,23,27)(H2,24,26,30)/b12-8+. The second-order valence-electron chi connectivity index (χ2n) is 7.23. The zero-order valence-electron chi connectivity index (χ0n) is 16.7. The number of anilines is 1. The summed E-state index contributed by atoms with van der Waals surface area (Å²) in [5.74, 6) is 0.191. The molecule has 3 heterocycles. The first-order valence-electron chi connectivity index (χ1n) is 9.78. The minimum absolute atomic E-state index is 0.242. The van der Waals surface area contributed by atoms with Crippen molar-refractivity contribution >= 4 is 29.4 Å². The molecule has 5 rings (SSSR count). The first-order chi connectivity index (χ1) is 15.1. The number of thioether (sulfide) groups is 1. The number of aromatic hydroxyl groups is 1. The second-order valence-corrected chi connectivity index (χ2v) is 8.11. The smallest absolute Gasteiger partial charge is 0.326 e. The molecule has 0 radical (unpaired) electrons. The Bertz CT molecular complexity index is 1430. The van der Waals surface area contributed by atoms with Gasteiger partial charge < -0.3 is 15.4 Å². The molecule has 0 saturated heterocycles. The maximum absolute atomic E-state index is 11.4. The van der Waals surface area contributed by atoms with Crippen LogP contribution in [0.15, 0.2) is 45.1 Å². The highest BCUT2D eigenvalue weighted by atomic mass is 32.2. The highest BCUT2D eigenvalue weighted by Gasteiger charge is 2.21. The van der Waals surface area contributed by atoms with Gasteiger partial charge >= 0.3 is 5.69 Å². The normalized spacial score (nSPS) is 15.1. The van der Waals surface area contributed by atoms with E-state index >= 15 is 0 Å². The van der Waals surface area contributed by atoms with Gasteiger partial charge in [-0.1, -0.05) is 12.1 Å². The lowest BCUT2D eigenvalue weighted by molar-refractivity contribution is 0.454. The van der Waals surface area contributed by atoms with Gasteiger partial charge in [0.05, 0.1) is 12.2 Å². The van der Waals surface area contributed by atoms with Gasteiger partial charge in [0, 0.05) is 16.7 Å². The number of nitrogens with one attached hydrogen (secondary N) is 3. The molecule has 0 unspecified atom stereocenters. The molecule has 31 heavy (non-hydrogen) atoms. The summed E-state index contributed by atoms with van der Waals surface area (Å²) in [5, 5.41) is 18.1. The Morgan fingerprint density at radius 1 is 1.35 bits per heavy atom. The number of benzene rings is 1. The molecule has 10 nitrogen and oxygen atoms in total.